The largest absolute Gasteiger partial charge is 0.496 e. The lowest BCUT2D eigenvalue weighted by molar-refractivity contribution is 0.0946. The molecule has 2 heterocycles. The summed E-state index contributed by atoms with van der Waals surface area (Å²) >= 11 is 0. The molecule has 4 rings (SSSR count). The SMILES string of the molecule is COc1ccccc1CNC(=O)c1cn2cc(-c3ccccc3)ccc2n1. The third-order valence-electron chi connectivity index (χ3n) is 4.42. The second kappa shape index (κ2) is 7.33. The predicted molar refractivity (Wildman–Crippen MR) is 105 cm³/mol. The van der Waals surface area contributed by atoms with Crippen LogP contribution in [0.5, 0.6) is 5.75 Å². The number of methoxy groups -OCH3 is 1. The predicted octanol–water partition coefficient (Wildman–Crippen LogP) is 3.94. The van der Waals surface area contributed by atoms with Crippen molar-refractivity contribution in [2.75, 3.05) is 7.11 Å². The summed E-state index contributed by atoms with van der Waals surface area (Å²) in [6, 6.07) is 21.6. The number of aromatic nitrogens is 2. The smallest absolute Gasteiger partial charge is 0.271 e. The van der Waals surface area contributed by atoms with E-state index in [4.69, 9.17) is 4.74 Å². The number of fused-ring (bicyclic) bond motifs is 1. The molecule has 0 radical (unpaired) electrons. The number of imidazole rings is 1. The Kier molecular flexibility index (Phi) is 4.58. The number of hydrogen-bond acceptors (Lipinski definition) is 3. The molecule has 27 heavy (non-hydrogen) atoms. The second-order valence-electron chi connectivity index (χ2n) is 6.17. The average molecular weight is 357 g/mol. The zero-order valence-electron chi connectivity index (χ0n) is 14.9. The maximum atomic E-state index is 12.5. The molecule has 0 spiro atoms. The molecule has 134 valence electrons. The quantitative estimate of drug-likeness (QED) is 0.589. The lowest BCUT2D eigenvalue weighted by Crippen LogP contribution is -2.23. The summed E-state index contributed by atoms with van der Waals surface area (Å²) in [4.78, 5) is 16.9. The minimum absolute atomic E-state index is 0.217. The highest BCUT2D eigenvalue weighted by Crippen LogP contribution is 2.20. The first-order valence-corrected chi connectivity index (χ1v) is 8.69. The lowest BCUT2D eigenvalue weighted by Gasteiger charge is -2.08. The Bertz CT molecular complexity index is 1090. The van der Waals surface area contributed by atoms with Crippen LogP contribution in [0.1, 0.15) is 16.1 Å². The third-order valence-corrected chi connectivity index (χ3v) is 4.42. The van der Waals surface area contributed by atoms with Gasteiger partial charge in [0.15, 0.2) is 0 Å². The maximum Gasteiger partial charge on any atom is 0.271 e. The minimum Gasteiger partial charge on any atom is -0.496 e. The van der Waals surface area contributed by atoms with Crippen molar-refractivity contribution in [3.8, 4) is 16.9 Å². The number of nitrogens with one attached hydrogen (secondary N) is 1. The van der Waals surface area contributed by atoms with Gasteiger partial charge in [-0.3, -0.25) is 4.79 Å². The number of carbonyl (C=O) groups is 1. The van der Waals surface area contributed by atoms with Gasteiger partial charge in [-0.2, -0.15) is 0 Å². The Balaban J connectivity index is 1.54. The lowest BCUT2D eigenvalue weighted by atomic mass is 10.1. The summed E-state index contributed by atoms with van der Waals surface area (Å²) in [5, 5.41) is 2.90. The van der Waals surface area contributed by atoms with Gasteiger partial charge in [-0.05, 0) is 29.3 Å². The van der Waals surface area contributed by atoms with E-state index in [1.54, 1.807) is 13.3 Å². The highest BCUT2D eigenvalue weighted by atomic mass is 16.5. The first kappa shape index (κ1) is 16.8. The van der Waals surface area contributed by atoms with Gasteiger partial charge in [-0.1, -0.05) is 48.5 Å². The molecule has 4 aromatic rings. The van der Waals surface area contributed by atoms with Crippen molar-refractivity contribution in [2.24, 2.45) is 0 Å². The Hall–Kier alpha value is -3.60. The number of nitrogens with zero attached hydrogens (tertiary/aromatic N) is 2. The fraction of sp³-hybridized carbons (Fsp3) is 0.0909. The normalized spacial score (nSPS) is 10.7. The molecule has 0 fully saturated rings. The molecule has 0 aliphatic carbocycles. The van der Waals surface area contributed by atoms with Crippen molar-refractivity contribution in [3.05, 3.63) is 90.4 Å². The second-order valence-corrected chi connectivity index (χ2v) is 6.17. The van der Waals surface area contributed by atoms with Crippen molar-refractivity contribution in [2.45, 2.75) is 6.54 Å². The Morgan fingerprint density at radius 2 is 1.74 bits per heavy atom. The first-order chi connectivity index (χ1) is 13.2. The topological polar surface area (TPSA) is 55.6 Å². The van der Waals surface area contributed by atoms with E-state index >= 15 is 0 Å². The molecular weight excluding hydrogens is 338 g/mol. The molecule has 2 aromatic heterocycles. The van der Waals surface area contributed by atoms with E-state index in [0.717, 1.165) is 28.1 Å². The van der Waals surface area contributed by atoms with Gasteiger partial charge in [0.1, 0.15) is 17.1 Å². The molecule has 2 aromatic carbocycles. The molecule has 0 aliphatic rings. The van der Waals surface area contributed by atoms with Gasteiger partial charge in [0, 0.05) is 24.5 Å². The number of benzene rings is 2. The first-order valence-electron chi connectivity index (χ1n) is 8.69. The molecule has 0 bridgehead atoms. The van der Waals surface area contributed by atoms with Crippen LogP contribution in [0, 0.1) is 0 Å². The summed E-state index contributed by atoms with van der Waals surface area (Å²) in [6.07, 6.45) is 3.73. The van der Waals surface area contributed by atoms with Crippen LogP contribution in [-0.2, 0) is 6.54 Å². The van der Waals surface area contributed by atoms with Gasteiger partial charge in [0.2, 0.25) is 0 Å². The van der Waals surface area contributed by atoms with Crippen LogP contribution >= 0.6 is 0 Å². The number of pyridine rings is 1. The van der Waals surface area contributed by atoms with Gasteiger partial charge < -0.3 is 14.5 Å². The van der Waals surface area contributed by atoms with Crippen LogP contribution in [0.4, 0.5) is 0 Å². The van der Waals surface area contributed by atoms with Crippen molar-refractivity contribution in [1.29, 1.82) is 0 Å². The van der Waals surface area contributed by atoms with Crippen molar-refractivity contribution < 1.29 is 9.53 Å². The highest BCUT2D eigenvalue weighted by Gasteiger charge is 2.12. The van der Waals surface area contributed by atoms with E-state index in [-0.39, 0.29) is 5.91 Å². The van der Waals surface area contributed by atoms with Crippen molar-refractivity contribution in [1.82, 2.24) is 14.7 Å². The van der Waals surface area contributed by atoms with E-state index in [1.165, 1.54) is 0 Å². The van der Waals surface area contributed by atoms with Gasteiger partial charge >= 0.3 is 0 Å². The summed E-state index contributed by atoms with van der Waals surface area (Å²) in [6.45, 7) is 0.381. The Morgan fingerprint density at radius 3 is 2.56 bits per heavy atom. The molecule has 0 unspecified atom stereocenters. The Morgan fingerprint density at radius 1 is 0.963 bits per heavy atom. The number of para-hydroxylation sites is 1. The molecule has 1 N–H and O–H groups in total. The van der Waals surface area contributed by atoms with E-state index in [1.807, 2.05) is 65.2 Å². The zero-order valence-corrected chi connectivity index (χ0v) is 14.9. The molecular formula is C22H19N3O2. The van der Waals surface area contributed by atoms with Crippen LogP contribution in [0.2, 0.25) is 0 Å². The molecule has 5 heteroatoms. The van der Waals surface area contributed by atoms with Crippen LogP contribution in [-0.4, -0.2) is 22.4 Å². The summed E-state index contributed by atoms with van der Waals surface area (Å²) in [7, 11) is 1.62. The molecule has 0 saturated carbocycles. The van der Waals surface area contributed by atoms with E-state index < -0.39 is 0 Å². The zero-order chi connectivity index (χ0) is 18.6. The number of rotatable bonds is 5. The average Bonchev–Trinajstić information content (AvgIpc) is 3.16. The van der Waals surface area contributed by atoms with Crippen LogP contribution in [0.3, 0.4) is 0 Å². The van der Waals surface area contributed by atoms with Crippen LogP contribution in [0.25, 0.3) is 16.8 Å². The molecule has 5 nitrogen and oxygen atoms in total. The highest BCUT2D eigenvalue weighted by molar-refractivity contribution is 5.92. The summed E-state index contributed by atoms with van der Waals surface area (Å²) < 4.78 is 7.19. The van der Waals surface area contributed by atoms with Crippen molar-refractivity contribution in [3.63, 3.8) is 0 Å². The number of ether oxygens (including phenoxy) is 1. The fourth-order valence-corrected chi connectivity index (χ4v) is 3.02. The fourth-order valence-electron chi connectivity index (χ4n) is 3.02. The molecule has 0 atom stereocenters. The minimum atomic E-state index is -0.217. The molecule has 0 saturated heterocycles. The van der Waals surface area contributed by atoms with E-state index in [0.29, 0.717) is 12.2 Å². The Labute approximate surface area is 157 Å². The summed E-state index contributed by atoms with van der Waals surface area (Å²) in [5.41, 5.74) is 4.23. The van der Waals surface area contributed by atoms with E-state index in [2.05, 4.69) is 22.4 Å². The van der Waals surface area contributed by atoms with Crippen molar-refractivity contribution >= 4 is 11.6 Å². The third kappa shape index (κ3) is 3.53. The number of carbonyl (C=O) groups excluding carboxylic acids is 1. The summed E-state index contributed by atoms with van der Waals surface area (Å²) in [5.74, 6) is 0.533. The maximum absolute atomic E-state index is 12.5. The van der Waals surface area contributed by atoms with Crippen LogP contribution in [0.15, 0.2) is 79.1 Å². The van der Waals surface area contributed by atoms with Gasteiger partial charge in [-0.25, -0.2) is 4.98 Å². The monoisotopic (exact) mass is 357 g/mol. The molecule has 1 amide bonds. The van der Waals surface area contributed by atoms with Gasteiger partial charge in [0.25, 0.3) is 5.91 Å². The standard InChI is InChI=1S/C22H19N3O2/c1-27-20-10-6-5-9-17(20)13-23-22(26)19-15-25-14-18(11-12-21(25)24-19)16-7-3-2-4-8-16/h2-12,14-15H,13H2,1H3,(H,23,26). The van der Waals surface area contributed by atoms with Gasteiger partial charge in [0.05, 0.1) is 7.11 Å². The number of amides is 1. The van der Waals surface area contributed by atoms with Gasteiger partial charge in [-0.15, -0.1) is 0 Å². The number of hydrogen-bond donors (Lipinski definition) is 1. The van der Waals surface area contributed by atoms with E-state index in [9.17, 15) is 4.79 Å². The van der Waals surface area contributed by atoms with Crippen LogP contribution < -0.4 is 10.1 Å². The molecule has 0 aliphatic heterocycles.